The van der Waals surface area contributed by atoms with Crippen LogP contribution in [0.5, 0.6) is 0 Å². The summed E-state index contributed by atoms with van der Waals surface area (Å²) >= 11 is 0. The summed E-state index contributed by atoms with van der Waals surface area (Å²) in [7, 11) is 0. The van der Waals surface area contributed by atoms with Crippen molar-refractivity contribution in [2.75, 3.05) is 32.7 Å². The zero-order valence-corrected chi connectivity index (χ0v) is 14.3. The predicted molar refractivity (Wildman–Crippen MR) is 92.7 cm³/mol. The highest BCUT2D eigenvalue weighted by Gasteiger charge is 2.16. The Bertz CT molecular complexity index is 440. The van der Waals surface area contributed by atoms with E-state index >= 15 is 0 Å². The Balaban J connectivity index is 0.00000116. The van der Waals surface area contributed by atoms with Gasteiger partial charge in [0, 0.05) is 39.1 Å². The molecule has 0 atom stereocenters. The molecule has 22 heavy (non-hydrogen) atoms. The predicted octanol–water partition coefficient (Wildman–Crippen LogP) is 2.40. The zero-order valence-electron chi connectivity index (χ0n) is 14.3. The summed E-state index contributed by atoms with van der Waals surface area (Å²) in [6.45, 7) is 12.5. The van der Waals surface area contributed by atoms with Gasteiger partial charge in [-0.2, -0.15) is 0 Å². The fourth-order valence-electron chi connectivity index (χ4n) is 2.72. The average Bonchev–Trinajstić information content (AvgIpc) is 2.51. The quantitative estimate of drug-likeness (QED) is 0.878. The molecule has 1 aromatic rings. The number of piperazine rings is 1. The first kappa shape index (κ1) is 18.7. The first-order valence-electron chi connectivity index (χ1n) is 8.42. The van der Waals surface area contributed by atoms with E-state index in [0.29, 0.717) is 6.42 Å². The molecule has 2 rings (SSSR count). The number of nitrogens with zero attached hydrogens (tertiary/aromatic N) is 2. The molecule has 0 aromatic heterocycles. The smallest absolute Gasteiger partial charge is 0.217 e. The van der Waals surface area contributed by atoms with Crippen LogP contribution in [0, 0.1) is 6.92 Å². The molecule has 1 aliphatic heterocycles. The van der Waals surface area contributed by atoms with Crippen molar-refractivity contribution in [1.82, 2.24) is 9.80 Å². The van der Waals surface area contributed by atoms with Crippen molar-refractivity contribution in [2.45, 2.75) is 40.2 Å². The van der Waals surface area contributed by atoms with E-state index in [9.17, 15) is 4.79 Å². The van der Waals surface area contributed by atoms with Crippen molar-refractivity contribution in [3.63, 3.8) is 0 Å². The Labute approximate surface area is 135 Å². The van der Waals surface area contributed by atoms with Gasteiger partial charge in [-0.1, -0.05) is 43.7 Å². The summed E-state index contributed by atoms with van der Waals surface area (Å²) in [5, 5.41) is 0. The molecule has 124 valence electrons. The number of aryl methyl sites for hydroxylation is 1. The van der Waals surface area contributed by atoms with Gasteiger partial charge in [-0.15, -0.1) is 0 Å². The van der Waals surface area contributed by atoms with Crippen molar-refractivity contribution in [1.29, 1.82) is 0 Å². The molecule has 4 nitrogen and oxygen atoms in total. The second-order valence-corrected chi connectivity index (χ2v) is 5.68. The lowest BCUT2D eigenvalue weighted by atomic mass is 10.1. The highest BCUT2D eigenvalue weighted by Crippen LogP contribution is 2.10. The van der Waals surface area contributed by atoms with Crippen LogP contribution < -0.4 is 5.73 Å². The summed E-state index contributed by atoms with van der Waals surface area (Å²) in [5.41, 5.74) is 7.88. The minimum atomic E-state index is -0.192. The number of hydrogen-bond acceptors (Lipinski definition) is 3. The molecule has 1 saturated heterocycles. The zero-order chi connectivity index (χ0) is 16.4. The number of rotatable bonds is 6. The van der Waals surface area contributed by atoms with Crippen LogP contribution in [0.1, 0.15) is 37.8 Å². The van der Waals surface area contributed by atoms with E-state index in [1.54, 1.807) is 0 Å². The van der Waals surface area contributed by atoms with Gasteiger partial charge in [0.25, 0.3) is 0 Å². The van der Waals surface area contributed by atoms with E-state index in [2.05, 4.69) is 41.0 Å². The SMILES string of the molecule is CC.Cc1cccc(CN2CCN(CCCC(N)=O)CC2)c1. The molecule has 0 saturated carbocycles. The monoisotopic (exact) mass is 305 g/mol. The van der Waals surface area contributed by atoms with E-state index in [-0.39, 0.29) is 5.91 Å². The first-order valence-corrected chi connectivity index (χ1v) is 8.42. The van der Waals surface area contributed by atoms with Gasteiger partial charge in [0.1, 0.15) is 0 Å². The Morgan fingerprint density at radius 2 is 1.77 bits per heavy atom. The van der Waals surface area contributed by atoms with Crippen LogP contribution in [0.25, 0.3) is 0 Å². The van der Waals surface area contributed by atoms with E-state index in [1.165, 1.54) is 11.1 Å². The molecule has 1 fully saturated rings. The van der Waals surface area contributed by atoms with E-state index in [0.717, 1.165) is 45.7 Å². The number of carbonyl (C=O) groups excluding carboxylic acids is 1. The van der Waals surface area contributed by atoms with Gasteiger partial charge in [-0.25, -0.2) is 0 Å². The van der Waals surface area contributed by atoms with E-state index < -0.39 is 0 Å². The van der Waals surface area contributed by atoms with Gasteiger partial charge in [0.15, 0.2) is 0 Å². The second kappa shape index (κ2) is 10.4. The molecule has 1 heterocycles. The van der Waals surface area contributed by atoms with Crippen molar-refractivity contribution in [3.8, 4) is 0 Å². The molecule has 0 radical (unpaired) electrons. The summed E-state index contributed by atoms with van der Waals surface area (Å²) < 4.78 is 0. The molecule has 1 aliphatic rings. The van der Waals surface area contributed by atoms with Gasteiger partial charge in [-0.3, -0.25) is 9.69 Å². The first-order chi connectivity index (χ1) is 10.6. The van der Waals surface area contributed by atoms with Gasteiger partial charge in [0.05, 0.1) is 0 Å². The number of nitrogens with two attached hydrogens (primary N) is 1. The van der Waals surface area contributed by atoms with E-state index in [1.807, 2.05) is 13.8 Å². The van der Waals surface area contributed by atoms with Crippen LogP contribution in [-0.4, -0.2) is 48.4 Å². The van der Waals surface area contributed by atoms with Crippen LogP contribution in [-0.2, 0) is 11.3 Å². The van der Waals surface area contributed by atoms with Crippen molar-refractivity contribution >= 4 is 5.91 Å². The molecule has 0 unspecified atom stereocenters. The summed E-state index contributed by atoms with van der Waals surface area (Å²) in [6, 6.07) is 8.73. The highest BCUT2D eigenvalue weighted by atomic mass is 16.1. The van der Waals surface area contributed by atoms with Crippen LogP contribution in [0.4, 0.5) is 0 Å². The van der Waals surface area contributed by atoms with Crippen molar-refractivity contribution in [3.05, 3.63) is 35.4 Å². The minimum absolute atomic E-state index is 0.192. The Hall–Kier alpha value is -1.39. The van der Waals surface area contributed by atoms with Gasteiger partial charge < -0.3 is 10.6 Å². The van der Waals surface area contributed by atoms with Crippen molar-refractivity contribution in [2.24, 2.45) is 5.73 Å². The highest BCUT2D eigenvalue weighted by molar-refractivity contribution is 5.73. The third-order valence-corrected chi connectivity index (χ3v) is 3.85. The summed E-state index contributed by atoms with van der Waals surface area (Å²) in [5.74, 6) is -0.192. The molecular formula is C18H31N3O. The lowest BCUT2D eigenvalue weighted by Gasteiger charge is -2.34. The molecule has 0 bridgehead atoms. The lowest BCUT2D eigenvalue weighted by Crippen LogP contribution is -2.46. The van der Waals surface area contributed by atoms with Crippen LogP contribution in [0.2, 0.25) is 0 Å². The number of hydrogen-bond donors (Lipinski definition) is 1. The maximum absolute atomic E-state index is 10.7. The largest absolute Gasteiger partial charge is 0.370 e. The number of primary amides is 1. The molecule has 0 spiro atoms. The van der Waals surface area contributed by atoms with E-state index in [4.69, 9.17) is 5.73 Å². The second-order valence-electron chi connectivity index (χ2n) is 5.68. The molecule has 4 heteroatoms. The van der Waals surface area contributed by atoms with Crippen LogP contribution in [0.3, 0.4) is 0 Å². The number of carbonyl (C=O) groups is 1. The van der Waals surface area contributed by atoms with Crippen molar-refractivity contribution < 1.29 is 4.79 Å². The minimum Gasteiger partial charge on any atom is -0.370 e. The maximum atomic E-state index is 10.7. The number of amides is 1. The van der Waals surface area contributed by atoms with Gasteiger partial charge in [0.2, 0.25) is 5.91 Å². The number of benzene rings is 1. The lowest BCUT2D eigenvalue weighted by molar-refractivity contribution is -0.118. The average molecular weight is 305 g/mol. The molecule has 2 N–H and O–H groups in total. The Morgan fingerprint density at radius 3 is 2.36 bits per heavy atom. The molecule has 0 aliphatic carbocycles. The third kappa shape index (κ3) is 7.05. The normalized spacial score (nSPS) is 16.0. The standard InChI is InChI=1S/C16H25N3O.C2H6/c1-14-4-2-5-15(12-14)13-19-10-8-18(9-11-19)7-3-6-16(17)20;1-2/h2,4-5,12H,3,6-11,13H2,1H3,(H2,17,20);1-2H3. The fourth-order valence-corrected chi connectivity index (χ4v) is 2.72. The van der Waals surface area contributed by atoms with Gasteiger partial charge in [-0.05, 0) is 25.5 Å². The van der Waals surface area contributed by atoms with Crippen LogP contribution in [0.15, 0.2) is 24.3 Å². The van der Waals surface area contributed by atoms with Crippen LogP contribution >= 0.6 is 0 Å². The molecular weight excluding hydrogens is 274 g/mol. The third-order valence-electron chi connectivity index (χ3n) is 3.85. The maximum Gasteiger partial charge on any atom is 0.217 e. The van der Waals surface area contributed by atoms with Gasteiger partial charge >= 0.3 is 0 Å². The Kier molecular flexibility index (Phi) is 8.78. The molecule has 1 amide bonds. The molecule has 1 aromatic carbocycles. The summed E-state index contributed by atoms with van der Waals surface area (Å²) in [6.07, 6.45) is 1.39. The summed E-state index contributed by atoms with van der Waals surface area (Å²) in [4.78, 5) is 15.6. The Morgan fingerprint density at radius 1 is 1.14 bits per heavy atom. The fraction of sp³-hybridized carbons (Fsp3) is 0.611. The topological polar surface area (TPSA) is 49.6 Å².